The number of anilines is 2. The summed E-state index contributed by atoms with van der Waals surface area (Å²) in [6, 6.07) is 16.2. The van der Waals surface area contributed by atoms with Gasteiger partial charge in [-0.3, -0.25) is 4.79 Å². The van der Waals surface area contributed by atoms with E-state index in [4.69, 9.17) is 17.3 Å². The maximum absolute atomic E-state index is 12.5. The molecule has 4 heteroatoms. The second kappa shape index (κ2) is 5.57. The van der Waals surface area contributed by atoms with E-state index < -0.39 is 0 Å². The number of hydrogen-bond donors (Lipinski definition) is 1. The van der Waals surface area contributed by atoms with Crippen LogP contribution in [0.2, 0.25) is 5.02 Å². The van der Waals surface area contributed by atoms with E-state index in [0.717, 1.165) is 34.8 Å². The van der Waals surface area contributed by atoms with Crippen LogP contribution in [-0.4, -0.2) is 11.8 Å². The molecule has 5 rings (SSSR count). The Morgan fingerprint density at radius 3 is 2.57 bits per heavy atom. The van der Waals surface area contributed by atoms with Gasteiger partial charge in [-0.05, 0) is 48.7 Å². The first-order chi connectivity index (χ1) is 11.1. The van der Waals surface area contributed by atoms with Crippen molar-refractivity contribution in [3.8, 4) is 0 Å². The van der Waals surface area contributed by atoms with Crippen LogP contribution in [0.5, 0.6) is 0 Å². The fourth-order valence-electron chi connectivity index (χ4n) is 4.11. The average Bonchev–Trinajstić information content (AvgIpc) is 2.55. The van der Waals surface area contributed by atoms with Crippen molar-refractivity contribution in [1.82, 2.24) is 0 Å². The standard InChI is InChI=1S/C19H19ClN2O/c20-13-2-1-3-15(10-13)22-16-8-9-17(18(23)11-16)19(22)12-4-6-14(21)7-5-12/h1-7,10,16-17,19H,8-9,11,21H2. The zero-order valence-corrected chi connectivity index (χ0v) is 13.5. The molecule has 2 aromatic carbocycles. The molecule has 118 valence electrons. The van der Waals surface area contributed by atoms with Gasteiger partial charge in [0.2, 0.25) is 0 Å². The molecule has 0 amide bonds. The summed E-state index contributed by atoms with van der Waals surface area (Å²) in [6.45, 7) is 0. The summed E-state index contributed by atoms with van der Waals surface area (Å²) in [5.74, 6) is 0.448. The van der Waals surface area contributed by atoms with Crippen LogP contribution in [0.1, 0.15) is 30.9 Å². The van der Waals surface area contributed by atoms with Gasteiger partial charge >= 0.3 is 0 Å². The van der Waals surface area contributed by atoms with E-state index in [-0.39, 0.29) is 18.0 Å². The van der Waals surface area contributed by atoms with Crippen molar-refractivity contribution in [2.45, 2.75) is 31.3 Å². The maximum atomic E-state index is 12.5. The fraction of sp³-hybridized carbons (Fsp3) is 0.316. The van der Waals surface area contributed by atoms with Gasteiger partial charge in [0.05, 0.1) is 6.04 Å². The predicted molar refractivity (Wildman–Crippen MR) is 93.7 cm³/mol. The number of nitrogens with zero attached hydrogens (tertiary/aromatic N) is 1. The Hall–Kier alpha value is -2.00. The number of ketones is 1. The van der Waals surface area contributed by atoms with Crippen molar-refractivity contribution in [2.24, 2.45) is 5.92 Å². The van der Waals surface area contributed by atoms with Crippen molar-refractivity contribution in [1.29, 1.82) is 0 Å². The minimum absolute atomic E-state index is 0.0580. The lowest BCUT2D eigenvalue weighted by atomic mass is 9.71. The minimum atomic E-state index is 0.0580. The highest BCUT2D eigenvalue weighted by Gasteiger charge is 2.47. The number of benzene rings is 2. The molecule has 0 aromatic heterocycles. The number of rotatable bonds is 2. The molecule has 0 spiro atoms. The van der Waals surface area contributed by atoms with Gasteiger partial charge in [-0.1, -0.05) is 29.8 Å². The number of nitrogen functional groups attached to an aromatic ring is 1. The summed E-state index contributed by atoms with van der Waals surface area (Å²) in [6.07, 6.45) is 2.67. The Balaban J connectivity index is 1.81. The summed E-state index contributed by atoms with van der Waals surface area (Å²) < 4.78 is 0. The summed E-state index contributed by atoms with van der Waals surface area (Å²) in [7, 11) is 0. The number of carbonyl (C=O) groups excluding carboxylic acids is 1. The number of Topliss-reactive ketones (excluding diaryl/α,β-unsaturated/α-hetero) is 1. The quantitative estimate of drug-likeness (QED) is 0.840. The normalized spacial score (nSPS) is 26.6. The van der Waals surface area contributed by atoms with Crippen LogP contribution in [0, 0.1) is 5.92 Å². The first-order valence-electron chi connectivity index (χ1n) is 8.05. The molecule has 2 aromatic rings. The minimum Gasteiger partial charge on any atom is -0.399 e. The molecule has 3 atom stereocenters. The zero-order chi connectivity index (χ0) is 16.0. The number of carbonyl (C=O) groups is 1. The van der Waals surface area contributed by atoms with E-state index in [2.05, 4.69) is 11.0 Å². The number of nitrogens with two attached hydrogens (primary N) is 1. The predicted octanol–water partition coefficient (Wildman–Crippen LogP) is 4.22. The Kier molecular flexibility index (Phi) is 3.53. The lowest BCUT2D eigenvalue weighted by Gasteiger charge is -2.52. The molecule has 1 aliphatic carbocycles. The second-order valence-electron chi connectivity index (χ2n) is 6.51. The Morgan fingerprint density at radius 1 is 1.09 bits per heavy atom. The first kappa shape index (κ1) is 14.6. The van der Waals surface area contributed by atoms with Crippen LogP contribution in [0.15, 0.2) is 48.5 Å². The SMILES string of the molecule is Nc1ccc(C2C3CCC(CC3=O)N2c2cccc(Cl)c2)cc1. The third-order valence-corrected chi connectivity index (χ3v) is 5.35. The first-order valence-corrected chi connectivity index (χ1v) is 8.43. The topological polar surface area (TPSA) is 46.3 Å². The average molecular weight is 327 g/mol. The van der Waals surface area contributed by atoms with Crippen LogP contribution >= 0.6 is 11.6 Å². The van der Waals surface area contributed by atoms with Gasteiger partial charge in [0.25, 0.3) is 0 Å². The molecule has 2 N–H and O–H groups in total. The largest absolute Gasteiger partial charge is 0.399 e. The van der Waals surface area contributed by atoms with Gasteiger partial charge in [0.1, 0.15) is 5.78 Å². The van der Waals surface area contributed by atoms with Gasteiger partial charge < -0.3 is 10.6 Å². The third-order valence-electron chi connectivity index (χ3n) is 5.12. The molecule has 2 bridgehead atoms. The summed E-state index contributed by atoms with van der Waals surface area (Å²) in [5, 5.41) is 0.728. The lowest BCUT2D eigenvalue weighted by Crippen LogP contribution is -2.54. The molecule has 3 fully saturated rings. The highest BCUT2D eigenvalue weighted by Crippen LogP contribution is 2.48. The second-order valence-corrected chi connectivity index (χ2v) is 6.94. The number of halogens is 1. The van der Waals surface area contributed by atoms with Crippen molar-refractivity contribution < 1.29 is 4.79 Å². The summed E-state index contributed by atoms with van der Waals surface area (Å²) >= 11 is 6.20. The van der Waals surface area contributed by atoms with Crippen LogP contribution in [-0.2, 0) is 4.79 Å². The van der Waals surface area contributed by atoms with Crippen LogP contribution in [0.25, 0.3) is 0 Å². The molecule has 2 saturated heterocycles. The van der Waals surface area contributed by atoms with E-state index >= 15 is 0 Å². The van der Waals surface area contributed by atoms with Crippen LogP contribution in [0.4, 0.5) is 11.4 Å². The number of hydrogen-bond acceptors (Lipinski definition) is 3. The molecule has 3 unspecified atom stereocenters. The molecule has 0 radical (unpaired) electrons. The Labute approximate surface area is 141 Å². The zero-order valence-electron chi connectivity index (χ0n) is 12.8. The Bertz CT molecular complexity index is 743. The van der Waals surface area contributed by atoms with E-state index in [1.165, 1.54) is 0 Å². The van der Waals surface area contributed by atoms with E-state index in [1.54, 1.807) is 0 Å². The van der Waals surface area contributed by atoms with Gasteiger partial charge in [-0.2, -0.15) is 0 Å². The van der Waals surface area contributed by atoms with Crippen LogP contribution < -0.4 is 10.6 Å². The molecular weight excluding hydrogens is 308 g/mol. The molecule has 1 saturated carbocycles. The van der Waals surface area contributed by atoms with Crippen molar-refractivity contribution in [3.63, 3.8) is 0 Å². The van der Waals surface area contributed by atoms with Gasteiger partial charge in [0, 0.05) is 34.8 Å². The number of fused-ring (bicyclic) bond motifs is 3. The smallest absolute Gasteiger partial charge is 0.140 e. The maximum Gasteiger partial charge on any atom is 0.140 e. The monoisotopic (exact) mass is 326 g/mol. The van der Waals surface area contributed by atoms with E-state index in [1.807, 2.05) is 42.5 Å². The van der Waals surface area contributed by atoms with Gasteiger partial charge in [0.15, 0.2) is 0 Å². The fourth-order valence-corrected chi connectivity index (χ4v) is 4.29. The molecular formula is C19H19ClN2O. The van der Waals surface area contributed by atoms with Crippen molar-refractivity contribution >= 4 is 28.8 Å². The van der Waals surface area contributed by atoms with E-state index in [0.29, 0.717) is 12.2 Å². The summed E-state index contributed by atoms with van der Waals surface area (Å²) in [4.78, 5) is 14.9. The lowest BCUT2D eigenvalue weighted by molar-refractivity contribution is -0.128. The third kappa shape index (κ3) is 2.49. The molecule has 2 aliphatic heterocycles. The van der Waals surface area contributed by atoms with Gasteiger partial charge in [-0.25, -0.2) is 0 Å². The molecule has 3 nitrogen and oxygen atoms in total. The van der Waals surface area contributed by atoms with Crippen molar-refractivity contribution in [2.75, 3.05) is 10.6 Å². The van der Waals surface area contributed by atoms with Crippen LogP contribution in [0.3, 0.4) is 0 Å². The molecule has 3 aliphatic rings. The highest BCUT2D eigenvalue weighted by atomic mass is 35.5. The van der Waals surface area contributed by atoms with Crippen molar-refractivity contribution in [3.05, 3.63) is 59.1 Å². The molecule has 2 heterocycles. The Morgan fingerprint density at radius 2 is 1.87 bits per heavy atom. The molecule has 23 heavy (non-hydrogen) atoms. The number of piperidine rings is 2. The summed E-state index contributed by atoms with van der Waals surface area (Å²) in [5.41, 5.74) is 8.83. The van der Waals surface area contributed by atoms with Gasteiger partial charge in [-0.15, -0.1) is 0 Å². The van der Waals surface area contributed by atoms with E-state index in [9.17, 15) is 4.79 Å². The highest BCUT2D eigenvalue weighted by molar-refractivity contribution is 6.30.